The van der Waals surface area contributed by atoms with Crippen LogP contribution in [-0.2, 0) is 16.1 Å². The minimum atomic E-state index is -0.547. The van der Waals surface area contributed by atoms with Crippen LogP contribution in [0.2, 0.25) is 10.0 Å². The molecule has 27 heavy (non-hydrogen) atoms. The standard InChI is InChI=1S/C20H28Cl2N2O3/c1-5-23(12-14-8-9-16(21)11-17(14)22)18(25)15-7-6-10-24(13-15)19(26)27-20(2,3)4/h8-9,11,15H,5-7,10,12-13H2,1-4H3/t15-/m0/s1. The number of piperidine rings is 1. The second kappa shape index (κ2) is 9.16. The smallest absolute Gasteiger partial charge is 0.410 e. The zero-order valence-electron chi connectivity index (χ0n) is 16.4. The van der Waals surface area contributed by atoms with Crippen molar-refractivity contribution in [2.24, 2.45) is 5.92 Å². The highest BCUT2D eigenvalue weighted by atomic mass is 35.5. The minimum absolute atomic E-state index is 0.0387. The summed E-state index contributed by atoms with van der Waals surface area (Å²) in [7, 11) is 0. The fourth-order valence-electron chi connectivity index (χ4n) is 3.13. The first kappa shape index (κ1) is 21.8. The molecule has 1 heterocycles. The number of amides is 2. The first-order valence-corrected chi connectivity index (χ1v) is 10.1. The molecule has 1 aliphatic heterocycles. The van der Waals surface area contributed by atoms with Crippen LogP contribution in [0.1, 0.15) is 46.1 Å². The Morgan fingerprint density at radius 1 is 1.30 bits per heavy atom. The number of likely N-dealkylation sites (tertiary alicyclic amines) is 1. The van der Waals surface area contributed by atoms with E-state index < -0.39 is 5.60 Å². The van der Waals surface area contributed by atoms with Crippen molar-refractivity contribution < 1.29 is 14.3 Å². The Labute approximate surface area is 171 Å². The predicted molar refractivity (Wildman–Crippen MR) is 108 cm³/mol. The summed E-state index contributed by atoms with van der Waals surface area (Å²) in [6.07, 6.45) is 1.20. The van der Waals surface area contributed by atoms with Crippen molar-refractivity contribution in [1.82, 2.24) is 9.80 Å². The minimum Gasteiger partial charge on any atom is -0.444 e. The van der Waals surface area contributed by atoms with E-state index >= 15 is 0 Å². The normalized spacial score (nSPS) is 17.6. The van der Waals surface area contributed by atoms with Gasteiger partial charge in [-0.1, -0.05) is 29.3 Å². The van der Waals surface area contributed by atoms with Crippen LogP contribution in [0.4, 0.5) is 4.79 Å². The zero-order chi connectivity index (χ0) is 20.2. The molecule has 0 spiro atoms. The van der Waals surface area contributed by atoms with E-state index in [-0.39, 0.29) is 17.9 Å². The highest BCUT2D eigenvalue weighted by Gasteiger charge is 2.33. The van der Waals surface area contributed by atoms with E-state index in [1.165, 1.54) is 0 Å². The van der Waals surface area contributed by atoms with Crippen LogP contribution in [0.25, 0.3) is 0 Å². The number of carbonyl (C=O) groups is 2. The van der Waals surface area contributed by atoms with Gasteiger partial charge in [0.1, 0.15) is 5.60 Å². The van der Waals surface area contributed by atoms with Gasteiger partial charge in [-0.15, -0.1) is 0 Å². The van der Waals surface area contributed by atoms with E-state index in [0.29, 0.717) is 36.2 Å². The van der Waals surface area contributed by atoms with Gasteiger partial charge >= 0.3 is 6.09 Å². The fraction of sp³-hybridized carbons (Fsp3) is 0.600. The van der Waals surface area contributed by atoms with Crippen molar-refractivity contribution in [2.45, 2.75) is 52.7 Å². The molecule has 1 saturated heterocycles. The van der Waals surface area contributed by atoms with Crippen LogP contribution in [-0.4, -0.2) is 47.0 Å². The van der Waals surface area contributed by atoms with Crippen molar-refractivity contribution >= 4 is 35.2 Å². The summed E-state index contributed by atoms with van der Waals surface area (Å²) < 4.78 is 5.45. The van der Waals surface area contributed by atoms with E-state index in [1.54, 1.807) is 21.9 Å². The Kier molecular flexibility index (Phi) is 7.40. The van der Waals surface area contributed by atoms with Crippen LogP contribution in [0.5, 0.6) is 0 Å². The molecule has 2 amide bonds. The lowest BCUT2D eigenvalue weighted by molar-refractivity contribution is -0.137. The Morgan fingerprint density at radius 2 is 2.00 bits per heavy atom. The molecule has 150 valence electrons. The largest absolute Gasteiger partial charge is 0.444 e. The van der Waals surface area contributed by atoms with Crippen LogP contribution in [0.3, 0.4) is 0 Å². The van der Waals surface area contributed by atoms with Crippen LogP contribution in [0.15, 0.2) is 18.2 Å². The molecule has 0 unspecified atom stereocenters. The Bertz CT molecular complexity index is 688. The number of ether oxygens (including phenoxy) is 1. The molecule has 7 heteroatoms. The summed E-state index contributed by atoms with van der Waals surface area (Å²) in [6.45, 7) is 9.46. The molecule has 1 aromatic carbocycles. The second-order valence-corrected chi connectivity index (χ2v) is 8.70. The molecule has 1 aromatic rings. The average molecular weight is 415 g/mol. The number of rotatable bonds is 4. The number of benzene rings is 1. The maximum atomic E-state index is 13.0. The molecule has 2 rings (SSSR count). The van der Waals surface area contributed by atoms with Crippen LogP contribution in [0, 0.1) is 5.92 Å². The number of hydrogen-bond acceptors (Lipinski definition) is 3. The van der Waals surface area contributed by atoms with Crippen molar-refractivity contribution in [3.8, 4) is 0 Å². The average Bonchev–Trinajstić information content (AvgIpc) is 2.59. The van der Waals surface area contributed by atoms with Gasteiger partial charge in [0.25, 0.3) is 0 Å². The molecular formula is C20H28Cl2N2O3. The summed E-state index contributed by atoms with van der Waals surface area (Å²) in [4.78, 5) is 28.8. The lowest BCUT2D eigenvalue weighted by Gasteiger charge is -2.35. The number of hydrogen-bond donors (Lipinski definition) is 0. The maximum absolute atomic E-state index is 13.0. The highest BCUT2D eigenvalue weighted by Crippen LogP contribution is 2.25. The van der Waals surface area contributed by atoms with Gasteiger partial charge in [-0.2, -0.15) is 0 Å². The Balaban J connectivity index is 2.04. The highest BCUT2D eigenvalue weighted by molar-refractivity contribution is 6.35. The first-order chi connectivity index (χ1) is 12.6. The van der Waals surface area contributed by atoms with Gasteiger partial charge in [0.05, 0.1) is 5.92 Å². The molecule has 5 nitrogen and oxygen atoms in total. The zero-order valence-corrected chi connectivity index (χ0v) is 17.9. The molecule has 0 aliphatic carbocycles. The van der Waals surface area contributed by atoms with Gasteiger partial charge in [0.15, 0.2) is 0 Å². The van der Waals surface area contributed by atoms with Gasteiger partial charge in [-0.05, 0) is 58.2 Å². The summed E-state index contributed by atoms with van der Waals surface area (Å²) in [5, 5.41) is 1.12. The summed E-state index contributed by atoms with van der Waals surface area (Å²) in [5.74, 6) is -0.186. The SMILES string of the molecule is CCN(Cc1ccc(Cl)cc1Cl)C(=O)[C@H]1CCCN(C(=O)OC(C)(C)C)C1. The molecule has 0 saturated carbocycles. The van der Waals surface area contributed by atoms with E-state index in [1.807, 2.05) is 33.8 Å². The molecule has 1 aliphatic rings. The third kappa shape index (κ3) is 6.28. The lowest BCUT2D eigenvalue weighted by Crippen LogP contribution is -2.47. The molecule has 0 N–H and O–H groups in total. The lowest BCUT2D eigenvalue weighted by atomic mass is 9.96. The fourth-order valence-corrected chi connectivity index (χ4v) is 3.60. The second-order valence-electron chi connectivity index (χ2n) is 7.85. The Hall–Kier alpha value is -1.46. The summed E-state index contributed by atoms with van der Waals surface area (Å²) in [6, 6.07) is 5.29. The molecule has 1 atom stereocenters. The third-order valence-corrected chi connectivity index (χ3v) is 5.08. The quantitative estimate of drug-likeness (QED) is 0.696. The van der Waals surface area contributed by atoms with Gasteiger partial charge in [-0.25, -0.2) is 4.79 Å². The topological polar surface area (TPSA) is 49.9 Å². The van der Waals surface area contributed by atoms with Crippen molar-refractivity contribution in [1.29, 1.82) is 0 Å². The molecule has 0 bridgehead atoms. The van der Waals surface area contributed by atoms with Gasteiger partial charge in [-0.3, -0.25) is 4.79 Å². The number of nitrogens with zero attached hydrogens (tertiary/aromatic N) is 2. The molecule has 0 aromatic heterocycles. The van der Waals surface area contributed by atoms with Crippen molar-refractivity contribution in [3.05, 3.63) is 33.8 Å². The van der Waals surface area contributed by atoms with Crippen molar-refractivity contribution in [2.75, 3.05) is 19.6 Å². The van der Waals surface area contributed by atoms with Gasteiger partial charge in [0.2, 0.25) is 5.91 Å². The van der Waals surface area contributed by atoms with Gasteiger partial charge in [0, 0.05) is 36.2 Å². The maximum Gasteiger partial charge on any atom is 0.410 e. The van der Waals surface area contributed by atoms with E-state index in [2.05, 4.69) is 0 Å². The van der Waals surface area contributed by atoms with E-state index in [4.69, 9.17) is 27.9 Å². The number of carbonyl (C=O) groups excluding carboxylic acids is 2. The number of halogens is 2. The van der Waals surface area contributed by atoms with Crippen molar-refractivity contribution in [3.63, 3.8) is 0 Å². The van der Waals surface area contributed by atoms with Gasteiger partial charge < -0.3 is 14.5 Å². The predicted octanol–water partition coefficient (Wildman–Crippen LogP) is 4.99. The van der Waals surface area contributed by atoms with Crippen LogP contribution >= 0.6 is 23.2 Å². The summed E-state index contributed by atoms with van der Waals surface area (Å²) in [5.41, 5.74) is 0.311. The monoisotopic (exact) mass is 414 g/mol. The summed E-state index contributed by atoms with van der Waals surface area (Å²) >= 11 is 12.2. The first-order valence-electron chi connectivity index (χ1n) is 9.31. The molecule has 0 radical (unpaired) electrons. The van der Waals surface area contributed by atoms with E-state index in [0.717, 1.165) is 18.4 Å². The molecular weight excluding hydrogens is 387 g/mol. The Morgan fingerprint density at radius 3 is 2.59 bits per heavy atom. The third-order valence-electron chi connectivity index (χ3n) is 4.49. The molecule has 1 fully saturated rings. The van der Waals surface area contributed by atoms with E-state index in [9.17, 15) is 9.59 Å². The van der Waals surface area contributed by atoms with Crippen LogP contribution < -0.4 is 0 Å².